The minimum absolute atomic E-state index is 0.178. The summed E-state index contributed by atoms with van der Waals surface area (Å²) in [5.74, 6) is -1.12. The van der Waals surface area contributed by atoms with E-state index in [-0.39, 0.29) is 37.8 Å². The third kappa shape index (κ3) is 4.56. The van der Waals surface area contributed by atoms with E-state index < -0.39 is 20.7 Å². The zero-order chi connectivity index (χ0) is 18.4. The topological polar surface area (TPSA) is 66.9 Å². The molecule has 140 valence electrons. The van der Waals surface area contributed by atoms with Gasteiger partial charge in [-0.1, -0.05) is 13.8 Å². The van der Waals surface area contributed by atoms with Crippen molar-refractivity contribution in [2.45, 2.75) is 31.6 Å². The number of benzene rings is 1. The first-order valence-electron chi connectivity index (χ1n) is 8.58. The second kappa shape index (κ2) is 8.73. The summed E-state index contributed by atoms with van der Waals surface area (Å²) in [6, 6.07) is 3.55. The Bertz CT molecular complexity index is 697. The number of hydrogen-bond acceptors (Lipinski definition) is 4. The molecule has 0 N–H and O–H groups in total. The smallest absolute Gasteiger partial charge is 0.253 e. The summed E-state index contributed by atoms with van der Waals surface area (Å²) in [7, 11) is -3.99. The second-order valence-electron chi connectivity index (χ2n) is 5.95. The van der Waals surface area contributed by atoms with Crippen molar-refractivity contribution < 1.29 is 22.3 Å². The molecule has 0 saturated carbocycles. The van der Waals surface area contributed by atoms with E-state index >= 15 is 0 Å². The molecule has 8 heteroatoms. The number of carbonyl (C=O) groups is 1. The Kier molecular flexibility index (Phi) is 6.92. The number of rotatable bonds is 7. The summed E-state index contributed by atoms with van der Waals surface area (Å²) < 4.78 is 46.0. The van der Waals surface area contributed by atoms with Gasteiger partial charge < -0.3 is 9.64 Å². The van der Waals surface area contributed by atoms with E-state index in [0.29, 0.717) is 13.1 Å². The van der Waals surface area contributed by atoms with Crippen LogP contribution in [-0.4, -0.2) is 62.9 Å². The highest BCUT2D eigenvalue weighted by atomic mass is 32.2. The van der Waals surface area contributed by atoms with E-state index in [4.69, 9.17) is 4.74 Å². The van der Waals surface area contributed by atoms with Crippen LogP contribution in [-0.2, 0) is 14.8 Å². The van der Waals surface area contributed by atoms with Crippen LogP contribution in [0.3, 0.4) is 0 Å². The molecule has 0 aromatic heterocycles. The van der Waals surface area contributed by atoms with Gasteiger partial charge in [0.25, 0.3) is 5.91 Å². The molecule has 1 fully saturated rings. The van der Waals surface area contributed by atoms with Crippen LogP contribution in [0, 0.1) is 5.82 Å². The predicted octanol–water partition coefficient (Wildman–Crippen LogP) is 2.11. The number of nitrogens with zero attached hydrogens (tertiary/aromatic N) is 2. The third-order valence-electron chi connectivity index (χ3n) is 4.04. The Morgan fingerprint density at radius 2 is 1.80 bits per heavy atom. The van der Waals surface area contributed by atoms with Crippen LogP contribution in [0.1, 0.15) is 37.0 Å². The molecule has 0 atom stereocenters. The molecule has 1 aromatic rings. The van der Waals surface area contributed by atoms with Crippen LogP contribution in [0.4, 0.5) is 4.39 Å². The normalized spacial score (nSPS) is 16.0. The molecule has 25 heavy (non-hydrogen) atoms. The van der Waals surface area contributed by atoms with E-state index in [0.717, 1.165) is 25.0 Å². The number of ether oxygens (including phenoxy) is 1. The monoisotopic (exact) mass is 372 g/mol. The number of morpholine rings is 1. The molecule has 0 radical (unpaired) electrons. The van der Waals surface area contributed by atoms with Crippen molar-refractivity contribution in [3.05, 3.63) is 29.6 Å². The SMILES string of the molecule is CCCN(CCC)C(=O)c1ccc(F)c(S(=O)(=O)N2CCOCC2)c1. The maximum absolute atomic E-state index is 14.2. The Balaban J connectivity index is 2.34. The Morgan fingerprint density at radius 1 is 1.20 bits per heavy atom. The molecule has 1 saturated heterocycles. The van der Waals surface area contributed by atoms with Gasteiger partial charge in [0.05, 0.1) is 13.2 Å². The van der Waals surface area contributed by atoms with Crippen LogP contribution in [0.15, 0.2) is 23.1 Å². The van der Waals surface area contributed by atoms with Gasteiger partial charge in [0, 0.05) is 31.7 Å². The van der Waals surface area contributed by atoms with Crippen molar-refractivity contribution in [2.75, 3.05) is 39.4 Å². The van der Waals surface area contributed by atoms with Crippen LogP contribution in [0.2, 0.25) is 0 Å². The van der Waals surface area contributed by atoms with Crippen LogP contribution >= 0.6 is 0 Å². The maximum atomic E-state index is 14.2. The predicted molar refractivity (Wildman–Crippen MR) is 92.5 cm³/mol. The van der Waals surface area contributed by atoms with Gasteiger partial charge in [0.15, 0.2) is 0 Å². The fourth-order valence-corrected chi connectivity index (χ4v) is 4.30. The molecular formula is C17H25FN2O4S. The zero-order valence-corrected chi connectivity index (χ0v) is 15.5. The fourth-order valence-electron chi connectivity index (χ4n) is 2.80. The van der Waals surface area contributed by atoms with Crippen molar-refractivity contribution in [3.63, 3.8) is 0 Å². The molecule has 0 bridgehead atoms. The van der Waals surface area contributed by atoms with Gasteiger partial charge in [-0.3, -0.25) is 4.79 Å². The van der Waals surface area contributed by atoms with Crippen molar-refractivity contribution in [1.29, 1.82) is 0 Å². The highest BCUT2D eigenvalue weighted by Crippen LogP contribution is 2.22. The molecule has 0 spiro atoms. The van der Waals surface area contributed by atoms with E-state index in [9.17, 15) is 17.6 Å². The second-order valence-corrected chi connectivity index (χ2v) is 7.86. The average Bonchev–Trinajstić information content (AvgIpc) is 2.62. The zero-order valence-electron chi connectivity index (χ0n) is 14.7. The molecule has 1 heterocycles. The summed E-state index contributed by atoms with van der Waals surface area (Å²) >= 11 is 0. The molecule has 1 aliphatic rings. The molecule has 1 aromatic carbocycles. The summed E-state index contributed by atoms with van der Waals surface area (Å²) in [4.78, 5) is 13.9. The van der Waals surface area contributed by atoms with E-state index in [1.165, 1.54) is 10.4 Å². The van der Waals surface area contributed by atoms with Crippen molar-refractivity contribution in [3.8, 4) is 0 Å². The minimum Gasteiger partial charge on any atom is -0.379 e. The Morgan fingerprint density at radius 3 is 2.36 bits per heavy atom. The van der Waals surface area contributed by atoms with Gasteiger partial charge in [0.1, 0.15) is 10.7 Å². The number of hydrogen-bond donors (Lipinski definition) is 0. The van der Waals surface area contributed by atoms with Gasteiger partial charge in [-0.15, -0.1) is 0 Å². The largest absolute Gasteiger partial charge is 0.379 e. The van der Waals surface area contributed by atoms with Gasteiger partial charge >= 0.3 is 0 Å². The Hall–Kier alpha value is -1.51. The summed E-state index contributed by atoms with van der Waals surface area (Å²) in [6.45, 7) is 6.00. The number of halogens is 1. The summed E-state index contributed by atoms with van der Waals surface area (Å²) in [5.41, 5.74) is 0.190. The van der Waals surface area contributed by atoms with Gasteiger partial charge in [-0.25, -0.2) is 12.8 Å². The lowest BCUT2D eigenvalue weighted by Gasteiger charge is -2.26. The summed E-state index contributed by atoms with van der Waals surface area (Å²) in [5, 5.41) is 0. The van der Waals surface area contributed by atoms with Crippen LogP contribution in [0.5, 0.6) is 0 Å². The summed E-state index contributed by atoms with van der Waals surface area (Å²) in [6.07, 6.45) is 1.59. The van der Waals surface area contributed by atoms with E-state index in [1.54, 1.807) is 4.90 Å². The maximum Gasteiger partial charge on any atom is 0.253 e. The molecular weight excluding hydrogens is 347 g/mol. The first kappa shape index (κ1) is 19.8. The Labute approximate surface area is 148 Å². The molecule has 1 aliphatic heterocycles. The van der Waals surface area contributed by atoms with Crippen LogP contribution in [0.25, 0.3) is 0 Å². The lowest BCUT2D eigenvalue weighted by molar-refractivity contribution is 0.0728. The van der Waals surface area contributed by atoms with Gasteiger partial charge in [-0.05, 0) is 31.0 Å². The highest BCUT2D eigenvalue weighted by Gasteiger charge is 2.30. The first-order valence-corrected chi connectivity index (χ1v) is 10.0. The number of carbonyl (C=O) groups excluding carboxylic acids is 1. The molecule has 1 amide bonds. The average molecular weight is 372 g/mol. The van der Waals surface area contributed by atoms with Crippen LogP contribution < -0.4 is 0 Å². The standard InChI is InChI=1S/C17H25FN2O4S/c1-3-7-19(8-4-2)17(21)14-5-6-15(18)16(13-14)25(22,23)20-9-11-24-12-10-20/h5-6,13H,3-4,7-12H2,1-2H3. The molecule has 2 rings (SSSR count). The lowest BCUT2D eigenvalue weighted by Crippen LogP contribution is -2.41. The van der Waals surface area contributed by atoms with Gasteiger partial charge in [-0.2, -0.15) is 4.31 Å². The lowest BCUT2D eigenvalue weighted by atomic mass is 10.2. The molecule has 0 aliphatic carbocycles. The first-order chi connectivity index (χ1) is 11.9. The van der Waals surface area contributed by atoms with Crippen molar-refractivity contribution in [2.24, 2.45) is 0 Å². The molecule has 0 unspecified atom stereocenters. The van der Waals surface area contributed by atoms with Crippen molar-refractivity contribution in [1.82, 2.24) is 9.21 Å². The quantitative estimate of drug-likeness (QED) is 0.735. The van der Waals surface area contributed by atoms with Gasteiger partial charge in [0.2, 0.25) is 10.0 Å². The molecule has 6 nitrogen and oxygen atoms in total. The van der Waals surface area contributed by atoms with E-state index in [1.807, 2.05) is 13.8 Å². The fraction of sp³-hybridized carbons (Fsp3) is 0.588. The van der Waals surface area contributed by atoms with Crippen molar-refractivity contribution >= 4 is 15.9 Å². The van der Waals surface area contributed by atoms with E-state index in [2.05, 4.69) is 0 Å². The number of sulfonamides is 1. The third-order valence-corrected chi connectivity index (χ3v) is 5.95. The number of amides is 1. The highest BCUT2D eigenvalue weighted by molar-refractivity contribution is 7.89. The minimum atomic E-state index is -3.99.